The number of allylic oxidation sites excluding steroid dienone is 1. The van der Waals surface area contributed by atoms with Crippen LogP contribution >= 0.6 is 15.9 Å². The van der Waals surface area contributed by atoms with Gasteiger partial charge in [-0.3, -0.25) is 4.79 Å². The third kappa shape index (κ3) is 11.8. The Morgan fingerprint density at radius 1 is 1.09 bits per heavy atom. The SMILES string of the molecule is C=CC(=O)C(C)CC.CC.CCCC(CC)CC.Cc1c(Br)ccc2c1ccn2CC=O. The van der Waals surface area contributed by atoms with E-state index in [1.807, 2.05) is 56.7 Å². The average molecular weight is 509 g/mol. The Hall–Kier alpha value is -1.68. The Bertz CT molecular complexity index is 775. The van der Waals surface area contributed by atoms with Gasteiger partial charge in [0.05, 0.1) is 6.54 Å². The minimum atomic E-state index is 0.146. The number of nitrogens with zero attached hydrogens (tertiary/aromatic N) is 1. The summed E-state index contributed by atoms with van der Waals surface area (Å²) in [5.41, 5.74) is 2.32. The summed E-state index contributed by atoms with van der Waals surface area (Å²) in [5.74, 6) is 1.31. The molecule has 0 spiro atoms. The molecule has 0 aliphatic carbocycles. The predicted octanol–water partition coefficient (Wildman–Crippen LogP) is 8.95. The molecular weight excluding hydrogens is 462 g/mol. The van der Waals surface area contributed by atoms with E-state index in [-0.39, 0.29) is 11.7 Å². The molecule has 2 aromatic rings. The highest BCUT2D eigenvalue weighted by molar-refractivity contribution is 9.10. The van der Waals surface area contributed by atoms with Crippen LogP contribution in [0.2, 0.25) is 0 Å². The number of fused-ring (bicyclic) bond motifs is 1. The molecule has 0 saturated heterocycles. The molecule has 4 heteroatoms. The van der Waals surface area contributed by atoms with Crippen LogP contribution in [0.3, 0.4) is 0 Å². The van der Waals surface area contributed by atoms with Crippen molar-refractivity contribution in [1.82, 2.24) is 4.57 Å². The minimum Gasteiger partial charge on any atom is -0.340 e. The Morgan fingerprint density at radius 2 is 1.69 bits per heavy atom. The molecular formula is C28H46BrNO2. The second-order valence-electron chi connectivity index (χ2n) is 7.63. The number of aromatic nitrogens is 1. The Morgan fingerprint density at radius 3 is 2.06 bits per heavy atom. The first-order valence-electron chi connectivity index (χ1n) is 12.1. The smallest absolute Gasteiger partial charge is 0.157 e. The Labute approximate surface area is 205 Å². The number of hydrogen-bond acceptors (Lipinski definition) is 2. The number of benzene rings is 1. The molecule has 1 aromatic heterocycles. The maximum absolute atomic E-state index is 10.6. The monoisotopic (exact) mass is 507 g/mol. The number of aryl methyl sites for hydroxylation is 1. The summed E-state index contributed by atoms with van der Waals surface area (Å²) in [6.45, 7) is 20.6. The first kappa shape index (κ1) is 32.5. The van der Waals surface area contributed by atoms with E-state index in [1.165, 1.54) is 42.7 Å². The molecule has 0 fully saturated rings. The second kappa shape index (κ2) is 20.0. The number of aldehydes is 1. The first-order chi connectivity index (χ1) is 15.3. The summed E-state index contributed by atoms with van der Waals surface area (Å²) in [6, 6.07) is 6.08. The van der Waals surface area contributed by atoms with Crippen molar-refractivity contribution in [3.05, 3.63) is 47.1 Å². The van der Waals surface area contributed by atoms with Gasteiger partial charge in [0, 0.05) is 27.5 Å². The van der Waals surface area contributed by atoms with Crippen LogP contribution in [0.1, 0.15) is 86.1 Å². The van der Waals surface area contributed by atoms with Crippen LogP contribution in [-0.4, -0.2) is 16.6 Å². The first-order valence-corrected chi connectivity index (χ1v) is 12.9. The van der Waals surface area contributed by atoms with E-state index < -0.39 is 0 Å². The highest BCUT2D eigenvalue weighted by atomic mass is 79.9. The second-order valence-corrected chi connectivity index (χ2v) is 8.48. The van der Waals surface area contributed by atoms with Crippen molar-refractivity contribution in [3.63, 3.8) is 0 Å². The quantitative estimate of drug-likeness (QED) is 0.250. The van der Waals surface area contributed by atoms with Gasteiger partial charge in [-0.15, -0.1) is 0 Å². The van der Waals surface area contributed by atoms with Crippen LogP contribution in [0.15, 0.2) is 41.5 Å². The minimum absolute atomic E-state index is 0.146. The van der Waals surface area contributed by atoms with Gasteiger partial charge in [-0.05, 0) is 49.1 Å². The lowest BCUT2D eigenvalue weighted by Gasteiger charge is -2.08. The summed E-state index contributed by atoms with van der Waals surface area (Å²) in [7, 11) is 0. The highest BCUT2D eigenvalue weighted by Crippen LogP contribution is 2.26. The molecule has 32 heavy (non-hydrogen) atoms. The largest absolute Gasteiger partial charge is 0.340 e. The van der Waals surface area contributed by atoms with E-state index in [9.17, 15) is 9.59 Å². The fourth-order valence-electron chi connectivity index (χ4n) is 3.14. The zero-order valence-corrected chi connectivity index (χ0v) is 23.3. The van der Waals surface area contributed by atoms with Gasteiger partial charge in [-0.25, -0.2) is 0 Å². The maximum atomic E-state index is 10.6. The molecule has 0 N–H and O–H groups in total. The van der Waals surface area contributed by atoms with Gasteiger partial charge in [0.25, 0.3) is 0 Å². The lowest BCUT2D eigenvalue weighted by atomic mass is 9.98. The van der Waals surface area contributed by atoms with Crippen LogP contribution in [0, 0.1) is 18.8 Å². The molecule has 3 nitrogen and oxygen atoms in total. The van der Waals surface area contributed by atoms with E-state index in [2.05, 4.69) is 50.2 Å². The van der Waals surface area contributed by atoms with Crippen LogP contribution in [0.4, 0.5) is 0 Å². The van der Waals surface area contributed by atoms with Gasteiger partial charge < -0.3 is 9.36 Å². The van der Waals surface area contributed by atoms with Gasteiger partial charge in [0.2, 0.25) is 0 Å². The van der Waals surface area contributed by atoms with E-state index in [4.69, 9.17) is 0 Å². The standard InChI is InChI=1S/C11H10BrNO.C8H18.C7H12O.C2H6/c1-8-9-4-5-13(6-7-14)11(9)3-2-10(8)12;1-4-7-8(5-2)6-3;1-4-6(3)7(8)5-2;1-2/h2-5,7H,6H2,1H3;8H,4-7H2,1-3H3;5-6H,2,4H2,1,3H3;1-2H3. The third-order valence-corrected chi connectivity index (χ3v) is 6.44. The van der Waals surface area contributed by atoms with Crippen LogP contribution < -0.4 is 0 Å². The van der Waals surface area contributed by atoms with Crippen molar-refractivity contribution in [3.8, 4) is 0 Å². The molecule has 0 bridgehead atoms. The summed E-state index contributed by atoms with van der Waals surface area (Å²) < 4.78 is 3.05. The summed E-state index contributed by atoms with van der Waals surface area (Å²) in [4.78, 5) is 21.1. The van der Waals surface area contributed by atoms with Crippen molar-refractivity contribution < 1.29 is 9.59 Å². The van der Waals surface area contributed by atoms with Crippen molar-refractivity contribution in [2.75, 3.05) is 0 Å². The number of ketones is 1. The number of halogens is 1. The van der Waals surface area contributed by atoms with Crippen molar-refractivity contribution in [2.45, 2.75) is 94.0 Å². The fraction of sp³-hybridized carbons (Fsp3) is 0.571. The molecule has 0 aliphatic rings. The third-order valence-electron chi connectivity index (χ3n) is 5.58. The molecule has 0 saturated carbocycles. The summed E-state index contributed by atoms with van der Waals surface area (Å²) >= 11 is 3.49. The highest BCUT2D eigenvalue weighted by Gasteiger charge is 2.05. The van der Waals surface area contributed by atoms with E-state index in [1.54, 1.807) is 0 Å². The fourth-order valence-corrected chi connectivity index (χ4v) is 3.49. The molecule has 1 atom stereocenters. The van der Waals surface area contributed by atoms with Gasteiger partial charge in [0.1, 0.15) is 6.29 Å². The topological polar surface area (TPSA) is 39.1 Å². The van der Waals surface area contributed by atoms with Gasteiger partial charge in [-0.2, -0.15) is 0 Å². The summed E-state index contributed by atoms with van der Waals surface area (Å²) in [6.07, 6.45) is 10.7. The average Bonchev–Trinajstić information content (AvgIpc) is 3.24. The normalized spacial score (nSPS) is 10.7. The molecule has 0 radical (unpaired) electrons. The predicted molar refractivity (Wildman–Crippen MR) is 145 cm³/mol. The Kier molecular flexibility index (Phi) is 20.3. The van der Waals surface area contributed by atoms with Gasteiger partial charge >= 0.3 is 0 Å². The number of carbonyl (C=O) groups excluding carboxylic acids is 2. The van der Waals surface area contributed by atoms with Crippen LogP contribution in [-0.2, 0) is 16.1 Å². The molecule has 0 amide bonds. The van der Waals surface area contributed by atoms with E-state index in [0.717, 1.165) is 28.6 Å². The van der Waals surface area contributed by atoms with Crippen LogP contribution in [0.25, 0.3) is 10.9 Å². The van der Waals surface area contributed by atoms with Gasteiger partial charge in [0.15, 0.2) is 5.78 Å². The molecule has 1 aromatic carbocycles. The van der Waals surface area contributed by atoms with Crippen LogP contribution in [0.5, 0.6) is 0 Å². The molecule has 1 unspecified atom stereocenters. The lowest BCUT2D eigenvalue weighted by molar-refractivity contribution is -0.117. The number of hydrogen-bond donors (Lipinski definition) is 0. The summed E-state index contributed by atoms with van der Waals surface area (Å²) in [5, 5.41) is 1.20. The molecule has 0 aliphatic heterocycles. The van der Waals surface area contributed by atoms with Crippen molar-refractivity contribution in [1.29, 1.82) is 0 Å². The Balaban J connectivity index is 0. The zero-order chi connectivity index (χ0) is 25.1. The molecule has 2 rings (SSSR count). The number of rotatable bonds is 9. The van der Waals surface area contributed by atoms with Crippen molar-refractivity contribution >= 4 is 38.9 Å². The maximum Gasteiger partial charge on any atom is 0.157 e. The van der Waals surface area contributed by atoms with E-state index in [0.29, 0.717) is 6.54 Å². The van der Waals surface area contributed by atoms with Gasteiger partial charge in [-0.1, -0.05) is 96.7 Å². The van der Waals surface area contributed by atoms with E-state index >= 15 is 0 Å². The zero-order valence-electron chi connectivity index (χ0n) is 21.7. The molecule has 182 valence electrons. The molecule has 1 heterocycles. The number of carbonyl (C=O) groups is 2. The van der Waals surface area contributed by atoms with Crippen molar-refractivity contribution in [2.24, 2.45) is 11.8 Å². The lowest BCUT2D eigenvalue weighted by Crippen LogP contribution is -2.04.